The molecule has 0 atom stereocenters. The van der Waals surface area contributed by atoms with Crippen molar-refractivity contribution in [1.82, 2.24) is 0 Å². The summed E-state index contributed by atoms with van der Waals surface area (Å²) in [5, 5.41) is 0.153. The first-order chi connectivity index (χ1) is 7.16. The van der Waals surface area contributed by atoms with Crippen LogP contribution in [0, 0.1) is 5.82 Å². The lowest BCUT2D eigenvalue weighted by Crippen LogP contribution is -1.99. The monoisotopic (exact) mass is 224 g/mol. The highest BCUT2D eigenvalue weighted by atomic mass is 35.5. The minimum Gasteiger partial charge on any atom is -0.441 e. The molecule has 2 nitrogen and oxygen atoms in total. The Labute approximate surface area is 90.3 Å². The molecule has 1 aromatic carbocycles. The molecule has 1 heterocycles. The smallest absolute Gasteiger partial charge is 0.228 e. The third kappa shape index (κ3) is 2.07. The summed E-state index contributed by atoms with van der Waals surface area (Å²) in [4.78, 5) is 11.7. The zero-order valence-electron chi connectivity index (χ0n) is 7.54. The second-order valence-corrected chi connectivity index (χ2v) is 3.31. The topological polar surface area (TPSA) is 30.2 Å². The van der Waals surface area contributed by atoms with Crippen LogP contribution in [0.3, 0.4) is 0 Å². The molecule has 0 aliphatic carbocycles. The van der Waals surface area contributed by atoms with Crippen LogP contribution in [-0.2, 0) is 0 Å². The second kappa shape index (κ2) is 3.87. The van der Waals surface area contributed by atoms with E-state index in [1.165, 1.54) is 36.4 Å². The van der Waals surface area contributed by atoms with E-state index in [0.717, 1.165) is 0 Å². The first-order valence-corrected chi connectivity index (χ1v) is 4.60. The Hall–Kier alpha value is -1.61. The maximum Gasteiger partial charge on any atom is 0.228 e. The fourth-order valence-corrected chi connectivity index (χ4v) is 1.33. The Morgan fingerprint density at radius 3 is 2.33 bits per heavy atom. The Balaban J connectivity index is 2.32. The predicted octanol–water partition coefficient (Wildman–Crippen LogP) is 3.30. The van der Waals surface area contributed by atoms with Gasteiger partial charge in [0.25, 0.3) is 0 Å². The lowest BCUT2D eigenvalue weighted by Gasteiger charge is -1.96. The van der Waals surface area contributed by atoms with Crippen molar-refractivity contribution in [3.8, 4) is 0 Å². The van der Waals surface area contributed by atoms with E-state index in [2.05, 4.69) is 0 Å². The molecule has 0 aliphatic rings. The predicted molar refractivity (Wildman–Crippen MR) is 53.6 cm³/mol. The van der Waals surface area contributed by atoms with Gasteiger partial charge < -0.3 is 4.42 Å². The normalized spacial score (nSPS) is 10.3. The van der Waals surface area contributed by atoms with E-state index in [9.17, 15) is 9.18 Å². The largest absolute Gasteiger partial charge is 0.441 e. The fraction of sp³-hybridized carbons (Fsp3) is 0. The molecule has 0 N–H and O–H groups in total. The van der Waals surface area contributed by atoms with E-state index in [0.29, 0.717) is 5.56 Å². The Morgan fingerprint density at radius 2 is 1.80 bits per heavy atom. The summed E-state index contributed by atoms with van der Waals surface area (Å²) >= 11 is 5.54. The summed E-state index contributed by atoms with van der Waals surface area (Å²) in [6, 6.07) is 8.20. The molecule has 0 amide bonds. The summed E-state index contributed by atoms with van der Waals surface area (Å²) in [7, 11) is 0. The van der Waals surface area contributed by atoms with Gasteiger partial charge in [-0.1, -0.05) is 0 Å². The minimum absolute atomic E-state index is 0.145. The molecule has 15 heavy (non-hydrogen) atoms. The molecule has 0 unspecified atom stereocenters. The van der Waals surface area contributed by atoms with Crippen molar-refractivity contribution in [3.05, 3.63) is 58.8 Å². The summed E-state index contributed by atoms with van der Waals surface area (Å²) in [6.07, 6.45) is 0. The van der Waals surface area contributed by atoms with Gasteiger partial charge in [-0.25, -0.2) is 4.39 Å². The van der Waals surface area contributed by atoms with Gasteiger partial charge in [0.05, 0.1) is 0 Å². The minimum atomic E-state index is -0.385. The van der Waals surface area contributed by atoms with Gasteiger partial charge in [0.15, 0.2) is 11.0 Å². The van der Waals surface area contributed by atoms with E-state index in [1.54, 1.807) is 0 Å². The van der Waals surface area contributed by atoms with Crippen molar-refractivity contribution in [2.45, 2.75) is 0 Å². The number of rotatable bonds is 2. The molecule has 0 bridgehead atoms. The molecule has 0 fully saturated rings. The quantitative estimate of drug-likeness (QED) is 0.733. The first kappa shape index (κ1) is 9.93. The SMILES string of the molecule is O=C(c1ccc(F)cc1)c1ccc(Cl)o1. The number of furan rings is 1. The van der Waals surface area contributed by atoms with E-state index in [-0.39, 0.29) is 22.6 Å². The average molecular weight is 225 g/mol. The Kier molecular flexibility index (Phi) is 2.56. The van der Waals surface area contributed by atoms with Gasteiger partial charge in [-0.2, -0.15) is 0 Å². The number of ketones is 1. The molecule has 0 radical (unpaired) electrons. The summed E-state index contributed by atoms with van der Waals surface area (Å²) in [5.41, 5.74) is 0.363. The van der Waals surface area contributed by atoms with Gasteiger partial charge in [0, 0.05) is 5.56 Å². The van der Waals surface area contributed by atoms with E-state index in [1.807, 2.05) is 0 Å². The molecule has 4 heteroatoms. The first-order valence-electron chi connectivity index (χ1n) is 4.22. The van der Waals surface area contributed by atoms with Crippen LogP contribution in [0.15, 0.2) is 40.8 Å². The molecule has 2 rings (SSSR count). The second-order valence-electron chi connectivity index (χ2n) is 2.94. The molecule has 2 aromatic rings. The van der Waals surface area contributed by atoms with Crippen LogP contribution in [0.2, 0.25) is 5.22 Å². The standard InChI is InChI=1S/C11H6ClFO2/c12-10-6-5-9(15-10)11(14)7-1-3-8(13)4-2-7/h1-6H. The van der Waals surface area contributed by atoms with Gasteiger partial charge in [0.1, 0.15) is 5.82 Å². The van der Waals surface area contributed by atoms with Crippen molar-refractivity contribution in [2.24, 2.45) is 0 Å². The number of hydrogen-bond acceptors (Lipinski definition) is 2. The lowest BCUT2D eigenvalue weighted by molar-refractivity contribution is 0.101. The zero-order chi connectivity index (χ0) is 10.8. The van der Waals surface area contributed by atoms with E-state index >= 15 is 0 Å². The summed E-state index contributed by atoms with van der Waals surface area (Å²) in [5.74, 6) is -0.558. The van der Waals surface area contributed by atoms with Crippen LogP contribution in [0.5, 0.6) is 0 Å². The van der Waals surface area contributed by atoms with E-state index < -0.39 is 0 Å². The van der Waals surface area contributed by atoms with Gasteiger partial charge in [-0.15, -0.1) is 0 Å². The maximum absolute atomic E-state index is 12.6. The highest BCUT2D eigenvalue weighted by Gasteiger charge is 2.12. The molecule has 1 aromatic heterocycles. The van der Waals surface area contributed by atoms with Crippen molar-refractivity contribution < 1.29 is 13.6 Å². The number of hydrogen-bond donors (Lipinski definition) is 0. The van der Waals surface area contributed by atoms with Gasteiger partial charge in [-0.05, 0) is 48.0 Å². The van der Waals surface area contributed by atoms with Crippen LogP contribution >= 0.6 is 11.6 Å². The van der Waals surface area contributed by atoms with Crippen molar-refractivity contribution >= 4 is 17.4 Å². The number of carbonyl (C=O) groups is 1. The summed E-state index contributed by atoms with van der Waals surface area (Å²) in [6.45, 7) is 0. The molecule has 0 aliphatic heterocycles. The van der Waals surface area contributed by atoms with Crippen LogP contribution in [-0.4, -0.2) is 5.78 Å². The van der Waals surface area contributed by atoms with Gasteiger partial charge in [-0.3, -0.25) is 4.79 Å². The van der Waals surface area contributed by atoms with Gasteiger partial charge >= 0.3 is 0 Å². The third-order valence-electron chi connectivity index (χ3n) is 1.90. The van der Waals surface area contributed by atoms with Crippen LogP contribution in [0.1, 0.15) is 16.1 Å². The van der Waals surface area contributed by atoms with Gasteiger partial charge in [0.2, 0.25) is 5.78 Å². The molecule has 76 valence electrons. The number of benzene rings is 1. The van der Waals surface area contributed by atoms with Crippen LogP contribution in [0.4, 0.5) is 4.39 Å². The number of halogens is 2. The summed E-state index contributed by atoms with van der Waals surface area (Å²) < 4.78 is 17.6. The highest BCUT2D eigenvalue weighted by molar-refractivity contribution is 6.29. The Bertz CT molecular complexity index is 488. The average Bonchev–Trinajstić information content (AvgIpc) is 2.65. The molecule has 0 saturated carbocycles. The molecular weight excluding hydrogens is 219 g/mol. The maximum atomic E-state index is 12.6. The molecular formula is C11H6ClFO2. The van der Waals surface area contributed by atoms with Crippen molar-refractivity contribution in [2.75, 3.05) is 0 Å². The third-order valence-corrected chi connectivity index (χ3v) is 2.11. The van der Waals surface area contributed by atoms with Crippen molar-refractivity contribution in [1.29, 1.82) is 0 Å². The number of carbonyl (C=O) groups excluding carboxylic acids is 1. The molecule has 0 saturated heterocycles. The fourth-order valence-electron chi connectivity index (χ4n) is 1.18. The highest BCUT2D eigenvalue weighted by Crippen LogP contribution is 2.17. The lowest BCUT2D eigenvalue weighted by atomic mass is 10.1. The zero-order valence-corrected chi connectivity index (χ0v) is 8.29. The molecule has 0 spiro atoms. The Morgan fingerprint density at radius 1 is 1.13 bits per heavy atom. The van der Waals surface area contributed by atoms with Crippen LogP contribution < -0.4 is 0 Å². The van der Waals surface area contributed by atoms with E-state index in [4.69, 9.17) is 16.0 Å². The van der Waals surface area contributed by atoms with Crippen LogP contribution in [0.25, 0.3) is 0 Å². The van der Waals surface area contributed by atoms with Crippen molar-refractivity contribution in [3.63, 3.8) is 0 Å².